The van der Waals surface area contributed by atoms with Crippen molar-refractivity contribution < 1.29 is 0 Å². The van der Waals surface area contributed by atoms with Gasteiger partial charge < -0.3 is 0 Å². The van der Waals surface area contributed by atoms with Crippen LogP contribution in [0.2, 0.25) is 0 Å². The molecule has 0 aromatic heterocycles. The van der Waals surface area contributed by atoms with Gasteiger partial charge in [-0.2, -0.15) is 0 Å². The van der Waals surface area contributed by atoms with E-state index in [2.05, 4.69) is 253 Å². The summed E-state index contributed by atoms with van der Waals surface area (Å²) in [6.45, 7) is 0. The van der Waals surface area contributed by atoms with E-state index in [1.54, 1.807) is 0 Å². The van der Waals surface area contributed by atoms with Gasteiger partial charge in [0, 0.05) is 0 Å². The van der Waals surface area contributed by atoms with E-state index >= 15 is 0 Å². The Hall–Kier alpha value is -7.49. The van der Waals surface area contributed by atoms with E-state index in [-0.39, 0.29) is 0 Å². The summed E-state index contributed by atoms with van der Waals surface area (Å²) in [5.74, 6) is 0. The first-order valence-electron chi connectivity index (χ1n) is 23.9. The van der Waals surface area contributed by atoms with E-state index in [0.717, 1.165) is 0 Å². The molecule has 0 fully saturated rings. The van der Waals surface area contributed by atoms with E-state index in [4.69, 9.17) is 0 Å². The van der Waals surface area contributed by atoms with Crippen LogP contribution in [0.25, 0.3) is 110 Å². The average Bonchev–Trinajstić information content (AvgIpc) is 4.05. The van der Waals surface area contributed by atoms with Crippen molar-refractivity contribution in [2.24, 2.45) is 0 Å². The molecule has 0 atom stereocenters. The normalized spacial score (nSPS) is 13.3. The molecule has 3 aliphatic rings. The predicted molar refractivity (Wildman–Crippen MR) is 293 cm³/mol. The minimum atomic E-state index is -0.551. The molecule has 1 aliphatic heterocycles. The van der Waals surface area contributed by atoms with Gasteiger partial charge in [0.2, 0.25) is 0 Å². The third kappa shape index (κ3) is 5.47. The first-order valence-corrected chi connectivity index (χ1v) is 27.1. The summed E-state index contributed by atoms with van der Waals surface area (Å²) in [6, 6.07) is 90.3. The van der Waals surface area contributed by atoms with Gasteiger partial charge in [-0.15, -0.1) is 0 Å². The third-order valence-corrected chi connectivity index (χ3v) is 19.6. The van der Waals surface area contributed by atoms with E-state index in [9.17, 15) is 0 Å². The van der Waals surface area contributed by atoms with Gasteiger partial charge >= 0.3 is 407 Å². The van der Waals surface area contributed by atoms with E-state index < -0.39 is 20.8 Å². The second-order valence-corrected chi connectivity index (χ2v) is 22.7. The SMILES string of the molecule is [Ge][c]1ccccc1-c1cccc(-c2cccc3c(-c4cc5ccccc5c5c4C4(c6ccccc6-c6ccccc64)c4ccccc4-5)c4cccc(-c5cccc6[c]5[Ge][c]5ccccc5-6)c4cc23)c1. The van der Waals surface area contributed by atoms with Gasteiger partial charge in [0.25, 0.3) is 0 Å². The van der Waals surface area contributed by atoms with Gasteiger partial charge in [0.1, 0.15) is 0 Å². The number of fused-ring (bicyclic) bond motifs is 17. The summed E-state index contributed by atoms with van der Waals surface area (Å²) in [7, 11) is 0. The molecule has 0 amide bonds. The molecule has 315 valence electrons. The summed E-state index contributed by atoms with van der Waals surface area (Å²) in [5.41, 5.74) is 23.3. The maximum absolute atomic E-state index is 2.56. The molecule has 1 heterocycles. The van der Waals surface area contributed by atoms with Crippen LogP contribution in [-0.4, -0.2) is 31.9 Å². The van der Waals surface area contributed by atoms with Crippen molar-refractivity contribution in [1.82, 2.24) is 0 Å². The molecule has 2 heteroatoms. The van der Waals surface area contributed by atoms with Crippen molar-refractivity contribution in [3.8, 4) is 77.9 Å². The average molecular weight is 989 g/mol. The maximum atomic E-state index is 2.56. The molecular formula is C67H39Ge2. The van der Waals surface area contributed by atoms with Crippen molar-refractivity contribution in [1.29, 1.82) is 0 Å². The molecule has 12 aromatic rings. The van der Waals surface area contributed by atoms with Crippen molar-refractivity contribution >= 4 is 77.5 Å². The van der Waals surface area contributed by atoms with Crippen LogP contribution in [0.5, 0.6) is 0 Å². The zero-order valence-corrected chi connectivity index (χ0v) is 41.7. The summed E-state index contributed by atoms with van der Waals surface area (Å²) in [4.78, 5) is 0. The second-order valence-electron chi connectivity index (χ2n) is 18.9. The van der Waals surface area contributed by atoms with Crippen molar-refractivity contribution in [3.63, 3.8) is 0 Å². The summed E-state index contributed by atoms with van der Waals surface area (Å²) in [5, 5.41) is 7.65. The Labute approximate surface area is 416 Å². The molecule has 0 unspecified atom stereocenters. The van der Waals surface area contributed by atoms with Crippen LogP contribution in [0.15, 0.2) is 237 Å². The summed E-state index contributed by atoms with van der Waals surface area (Å²) >= 11 is 1.67. The molecule has 0 N–H and O–H groups in total. The summed E-state index contributed by atoms with van der Waals surface area (Å²) < 4.78 is 4.34. The molecule has 0 saturated heterocycles. The molecule has 69 heavy (non-hydrogen) atoms. The Kier molecular flexibility index (Phi) is 8.59. The Morgan fingerprint density at radius 2 is 0.797 bits per heavy atom. The van der Waals surface area contributed by atoms with E-state index in [0.29, 0.717) is 0 Å². The fourth-order valence-corrected chi connectivity index (χ4v) is 16.6. The van der Waals surface area contributed by atoms with Crippen LogP contribution < -0.4 is 13.2 Å². The number of rotatable bonds is 4. The van der Waals surface area contributed by atoms with Gasteiger partial charge in [0.15, 0.2) is 0 Å². The quantitative estimate of drug-likeness (QED) is 0.122. The monoisotopic (exact) mass is 991 g/mol. The number of hydrogen-bond donors (Lipinski definition) is 0. The standard InChI is InChI=1S/C67H39Ge2/c68-61-35-11-6-20-44(61)41-19-13-18-40(37-41)43-26-14-28-50-55(43)39-56-46(52-30-16-31-53-49-24-7-12-36-62(49)69-66(52)53)27-15-29-51(56)63(50)57-38-42-17-1-2-21-45(42)64-54-25-5-10-34-60(54)67(65(57)64)58-32-8-3-22-47(58)48-23-4-9-33-59(48)67/h1-39H. The summed E-state index contributed by atoms with van der Waals surface area (Å²) in [6.07, 6.45) is 0. The molecule has 0 bridgehead atoms. The molecule has 0 saturated carbocycles. The van der Waals surface area contributed by atoms with Crippen LogP contribution in [0.4, 0.5) is 0 Å². The Bertz CT molecular complexity index is 4150. The fraction of sp³-hybridized carbons (Fsp3) is 0.0149. The van der Waals surface area contributed by atoms with Gasteiger partial charge in [-0.3, -0.25) is 0 Å². The van der Waals surface area contributed by atoms with Crippen LogP contribution in [0, 0.1) is 0 Å². The van der Waals surface area contributed by atoms with Gasteiger partial charge in [0.05, 0.1) is 0 Å². The third-order valence-electron chi connectivity index (χ3n) is 15.5. The topological polar surface area (TPSA) is 0 Å². The van der Waals surface area contributed by atoms with Gasteiger partial charge in [-0.25, -0.2) is 0 Å². The Morgan fingerprint density at radius 1 is 0.304 bits per heavy atom. The minimum absolute atomic E-state index is 0.541. The molecule has 2 aliphatic carbocycles. The Morgan fingerprint density at radius 3 is 1.54 bits per heavy atom. The van der Waals surface area contributed by atoms with Gasteiger partial charge in [-0.05, 0) is 0 Å². The first-order chi connectivity index (χ1) is 34.2. The molecule has 1 spiro atoms. The van der Waals surface area contributed by atoms with Crippen LogP contribution in [0.3, 0.4) is 0 Å². The molecule has 15 rings (SSSR count). The van der Waals surface area contributed by atoms with E-state index in [1.165, 1.54) is 146 Å². The Balaban J connectivity index is 1.11. The predicted octanol–water partition coefficient (Wildman–Crippen LogP) is 14.6. The zero-order chi connectivity index (χ0) is 45.4. The first kappa shape index (κ1) is 39.5. The molecular weight excluding hydrogens is 950 g/mol. The van der Waals surface area contributed by atoms with Crippen molar-refractivity contribution in [2.45, 2.75) is 5.41 Å². The molecule has 5 radical (unpaired) electrons. The van der Waals surface area contributed by atoms with Crippen LogP contribution in [-0.2, 0) is 5.41 Å². The van der Waals surface area contributed by atoms with Crippen LogP contribution in [0.1, 0.15) is 22.3 Å². The second kappa shape index (κ2) is 15.0. The molecule has 0 nitrogen and oxygen atoms in total. The van der Waals surface area contributed by atoms with Crippen molar-refractivity contribution in [2.75, 3.05) is 0 Å². The van der Waals surface area contributed by atoms with E-state index in [1.807, 2.05) is 0 Å². The van der Waals surface area contributed by atoms with Crippen molar-refractivity contribution in [3.05, 3.63) is 259 Å². The number of benzene rings is 12. The zero-order valence-electron chi connectivity index (χ0n) is 37.5. The fourth-order valence-electron chi connectivity index (χ4n) is 12.8. The van der Waals surface area contributed by atoms with Crippen LogP contribution >= 0.6 is 0 Å². The molecule has 12 aromatic carbocycles. The number of hydrogen-bond acceptors (Lipinski definition) is 0. The van der Waals surface area contributed by atoms with Gasteiger partial charge in [-0.1, -0.05) is 12.1 Å².